The molecule has 0 unspecified atom stereocenters. The van der Waals surface area contributed by atoms with Gasteiger partial charge in [-0.2, -0.15) is 5.26 Å². The molecule has 0 saturated carbocycles. The molecule has 0 fully saturated rings. The molecule has 0 saturated heterocycles. The first-order valence-corrected chi connectivity index (χ1v) is 9.50. The molecule has 2 rings (SSSR count). The lowest BCUT2D eigenvalue weighted by atomic mass is 10.1. The van der Waals surface area contributed by atoms with Crippen molar-refractivity contribution in [1.29, 1.82) is 5.26 Å². The molecule has 0 aliphatic carbocycles. The fourth-order valence-electron chi connectivity index (χ4n) is 2.92. The highest BCUT2D eigenvalue weighted by Crippen LogP contribution is 2.17. The average molecular weight is 382 g/mol. The maximum atomic E-state index is 13.6. The van der Waals surface area contributed by atoms with Crippen LogP contribution in [0.4, 0.5) is 10.1 Å². The summed E-state index contributed by atoms with van der Waals surface area (Å²) >= 11 is 0. The van der Waals surface area contributed by atoms with Gasteiger partial charge in [-0.15, -0.1) is 0 Å². The molecule has 0 atom stereocenters. The van der Waals surface area contributed by atoms with E-state index >= 15 is 0 Å². The Labute approximate surface area is 166 Å². The fourth-order valence-corrected chi connectivity index (χ4v) is 2.92. The second-order valence-electron chi connectivity index (χ2n) is 6.81. The van der Waals surface area contributed by atoms with Crippen LogP contribution in [-0.4, -0.2) is 36.5 Å². The van der Waals surface area contributed by atoms with Crippen LogP contribution in [0.2, 0.25) is 0 Å². The Morgan fingerprint density at radius 2 is 1.89 bits per heavy atom. The van der Waals surface area contributed by atoms with Gasteiger partial charge in [0.05, 0.1) is 5.69 Å². The number of benzene rings is 2. The first kappa shape index (κ1) is 21.4. The summed E-state index contributed by atoms with van der Waals surface area (Å²) < 4.78 is 13.6. The summed E-state index contributed by atoms with van der Waals surface area (Å²) in [6.45, 7) is 9.06. The smallest absolute Gasteiger partial charge is 0.251 e. The third kappa shape index (κ3) is 5.80. The zero-order valence-corrected chi connectivity index (χ0v) is 16.6. The molecule has 0 aliphatic heterocycles. The fraction of sp³-hybridized carbons (Fsp3) is 0.364. The van der Waals surface area contributed by atoms with Crippen LogP contribution < -0.4 is 10.6 Å². The molecule has 0 aromatic heterocycles. The maximum absolute atomic E-state index is 13.6. The van der Waals surface area contributed by atoms with E-state index in [1.165, 1.54) is 17.7 Å². The van der Waals surface area contributed by atoms with Gasteiger partial charge in [-0.25, -0.2) is 4.39 Å². The molecule has 1 amide bonds. The summed E-state index contributed by atoms with van der Waals surface area (Å²) in [7, 11) is 0. The summed E-state index contributed by atoms with van der Waals surface area (Å²) in [5.41, 5.74) is 2.17. The molecule has 0 radical (unpaired) electrons. The van der Waals surface area contributed by atoms with Gasteiger partial charge in [-0.1, -0.05) is 25.1 Å². The van der Waals surface area contributed by atoms with Crippen LogP contribution in [-0.2, 0) is 6.54 Å². The van der Waals surface area contributed by atoms with Crippen LogP contribution in [0.1, 0.15) is 42.3 Å². The van der Waals surface area contributed by atoms with Crippen molar-refractivity contribution in [1.82, 2.24) is 10.2 Å². The van der Waals surface area contributed by atoms with Gasteiger partial charge in [0.25, 0.3) is 5.91 Å². The monoisotopic (exact) mass is 382 g/mol. The number of halogens is 1. The van der Waals surface area contributed by atoms with Gasteiger partial charge in [0.1, 0.15) is 17.4 Å². The van der Waals surface area contributed by atoms with Crippen LogP contribution >= 0.6 is 0 Å². The van der Waals surface area contributed by atoms with Gasteiger partial charge in [-0.3, -0.25) is 9.69 Å². The lowest BCUT2D eigenvalue weighted by Gasteiger charge is -2.24. The minimum Gasteiger partial charge on any atom is -0.382 e. The molecule has 2 N–H and O–H groups in total. The molecule has 2 aromatic carbocycles. The Balaban J connectivity index is 1.84. The van der Waals surface area contributed by atoms with E-state index in [1.807, 2.05) is 30.3 Å². The standard InChI is InChI=1S/C22H27FN4O/c1-4-27(16(2)3)15-17-8-10-18(11-9-17)22(28)26-13-12-25-21-7-5-6-20(23)19(21)14-24/h5-11,16,25H,4,12-13,15H2,1-3H3,(H,26,28). The van der Waals surface area contributed by atoms with E-state index in [4.69, 9.17) is 5.26 Å². The summed E-state index contributed by atoms with van der Waals surface area (Å²) in [4.78, 5) is 14.6. The lowest BCUT2D eigenvalue weighted by molar-refractivity contribution is 0.0955. The number of carbonyl (C=O) groups excluding carboxylic acids is 1. The Hall–Kier alpha value is -2.91. The third-order valence-electron chi connectivity index (χ3n) is 4.59. The van der Waals surface area contributed by atoms with Crippen LogP contribution in [0.15, 0.2) is 42.5 Å². The summed E-state index contributed by atoms with van der Waals surface area (Å²) in [6.07, 6.45) is 0. The van der Waals surface area contributed by atoms with Gasteiger partial charge >= 0.3 is 0 Å². The van der Waals surface area contributed by atoms with Crippen molar-refractivity contribution in [2.45, 2.75) is 33.4 Å². The second kappa shape index (κ2) is 10.4. The molecular formula is C22H27FN4O. The second-order valence-corrected chi connectivity index (χ2v) is 6.81. The first-order chi connectivity index (χ1) is 13.5. The minimum absolute atomic E-state index is 0.0214. The van der Waals surface area contributed by atoms with E-state index in [1.54, 1.807) is 6.07 Å². The molecule has 2 aromatic rings. The van der Waals surface area contributed by atoms with Gasteiger partial charge in [0.15, 0.2) is 0 Å². The van der Waals surface area contributed by atoms with Crippen molar-refractivity contribution in [3.63, 3.8) is 0 Å². The number of amides is 1. The van der Waals surface area contributed by atoms with Crippen molar-refractivity contribution in [3.8, 4) is 6.07 Å². The minimum atomic E-state index is -0.560. The third-order valence-corrected chi connectivity index (χ3v) is 4.59. The molecular weight excluding hydrogens is 355 g/mol. The molecule has 28 heavy (non-hydrogen) atoms. The van der Waals surface area contributed by atoms with Gasteiger partial charge in [0.2, 0.25) is 0 Å². The molecule has 148 valence electrons. The molecule has 0 heterocycles. The van der Waals surface area contributed by atoms with E-state index < -0.39 is 5.82 Å². The predicted octanol–water partition coefficient (Wildman–Crippen LogP) is 3.77. The van der Waals surface area contributed by atoms with Gasteiger partial charge < -0.3 is 10.6 Å². The number of carbonyl (C=O) groups is 1. The average Bonchev–Trinajstić information content (AvgIpc) is 2.69. The first-order valence-electron chi connectivity index (χ1n) is 9.50. The Morgan fingerprint density at radius 3 is 2.50 bits per heavy atom. The van der Waals surface area contributed by atoms with E-state index in [2.05, 4.69) is 36.3 Å². The number of nitrogens with one attached hydrogen (secondary N) is 2. The van der Waals surface area contributed by atoms with Crippen molar-refractivity contribution < 1.29 is 9.18 Å². The molecule has 0 bridgehead atoms. The topological polar surface area (TPSA) is 68.2 Å². The summed E-state index contributed by atoms with van der Waals surface area (Å²) in [5, 5.41) is 14.8. The van der Waals surface area contributed by atoms with Crippen molar-refractivity contribution in [3.05, 3.63) is 65.0 Å². The SMILES string of the molecule is CCN(Cc1ccc(C(=O)NCCNc2cccc(F)c2C#N)cc1)C(C)C. The number of hydrogen-bond acceptors (Lipinski definition) is 4. The highest BCUT2D eigenvalue weighted by atomic mass is 19.1. The zero-order chi connectivity index (χ0) is 20.5. The maximum Gasteiger partial charge on any atom is 0.251 e. The van der Waals surface area contributed by atoms with E-state index in [0.29, 0.717) is 30.4 Å². The summed E-state index contributed by atoms with van der Waals surface area (Å²) in [6, 6.07) is 14.3. The zero-order valence-electron chi connectivity index (χ0n) is 16.6. The summed E-state index contributed by atoms with van der Waals surface area (Å²) in [5.74, 6) is -0.722. The van der Waals surface area contributed by atoms with Gasteiger partial charge in [0, 0.05) is 31.2 Å². The Kier molecular flexibility index (Phi) is 7.97. The Morgan fingerprint density at radius 1 is 1.18 bits per heavy atom. The molecule has 0 spiro atoms. The number of nitrogens with zero attached hydrogens (tertiary/aromatic N) is 2. The molecule has 6 heteroatoms. The lowest BCUT2D eigenvalue weighted by Crippen LogP contribution is -2.30. The van der Waals surface area contributed by atoms with E-state index in [-0.39, 0.29) is 11.5 Å². The van der Waals surface area contributed by atoms with Gasteiger partial charge in [-0.05, 0) is 50.2 Å². The van der Waals surface area contributed by atoms with Crippen LogP contribution in [0, 0.1) is 17.1 Å². The number of anilines is 1. The number of rotatable bonds is 9. The normalized spacial score (nSPS) is 10.8. The van der Waals surface area contributed by atoms with E-state index in [9.17, 15) is 9.18 Å². The Bertz CT molecular complexity index is 827. The highest BCUT2D eigenvalue weighted by molar-refractivity contribution is 5.94. The van der Waals surface area contributed by atoms with Crippen molar-refractivity contribution in [2.24, 2.45) is 0 Å². The van der Waals surface area contributed by atoms with Crippen molar-refractivity contribution in [2.75, 3.05) is 25.0 Å². The highest BCUT2D eigenvalue weighted by Gasteiger charge is 2.10. The predicted molar refractivity (Wildman–Crippen MR) is 110 cm³/mol. The largest absolute Gasteiger partial charge is 0.382 e. The van der Waals surface area contributed by atoms with Crippen molar-refractivity contribution >= 4 is 11.6 Å². The van der Waals surface area contributed by atoms with Crippen LogP contribution in [0.5, 0.6) is 0 Å². The number of nitriles is 1. The van der Waals surface area contributed by atoms with E-state index in [0.717, 1.165) is 13.1 Å². The molecule has 0 aliphatic rings. The quantitative estimate of drug-likeness (QED) is 0.648. The number of hydrogen-bond donors (Lipinski definition) is 2. The van der Waals surface area contributed by atoms with Crippen LogP contribution in [0.3, 0.4) is 0 Å². The van der Waals surface area contributed by atoms with Crippen LogP contribution in [0.25, 0.3) is 0 Å². The molecule has 5 nitrogen and oxygen atoms in total.